The van der Waals surface area contributed by atoms with Crippen molar-refractivity contribution < 1.29 is 23.5 Å². The molecule has 1 amide bonds. The number of halogens is 1. The van der Waals surface area contributed by atoms with Gasteiger partial charge in [-0.2, -0.15) is 0 Å². The predicted octanol–water partition coefficient (Wildman–Crippen LogP) is 2.12. The van der Waals surface area contributed by atoms with Crippen molar-refractivity contribution >= 4 is 17.7 Å². The van der Waals surface area contributed by atoms with E-state index >= 15 is 0 Å². The van der Waals surface area contributed by atoms with Crippen LogP contribution in [0.1, 0.15) is 17.3 Å². The Morgan fingerprint density at radius 3 is 2.39 bits per heavy atom. The Hall–Kier alpha value is -3.16. The quantitative estimate of drug-likeness (QED) is 0.707. The minimum absolute atomic E-state index is 0.0852. The van der Waals surface area contributed by atoms with Crippen molar-refractivity contribution in [3.8, 4) is 5.75 Å². The van der Waals surface area contributed by atoms with Gasteiger partial charge in [0.2, 0.25) is 0 Å². The fraction of sp³-hybridized carbons (Fsp3) is 0.350. The van der Waals surface area contributed by atoms with Gasteiger partial charge in [-0.3, -0.25) is 4.79 Å². The molecule has 2 heterocycles. The number of anilines is 1. The van der Waals surface area contributed by atoms with E-state index in [9.17, 15) is 14.0 Å². The number of aromatic nitrogens is 1. The molecule has 0 spiro atoms. The molecule has 1 fully saturated rings. The molecule has 8 heteroatoms. The number of piperazine rings is 1. The molecule has 1 saturated heterocycles. The van der Waals surface area contributed by atoms with Gasteiger partial charge >= 0.3 is 5.97 Å². The number of carbonyl (C=O) groups excluding carboxylic acids is 2. The van der Waals surface area contributed by atoms with Gasteiger partial charge in [0.25, 0.3) is 5.91 Å². The monoisotopic (exact) mass is 387 g/mol. The molecule has 0 atom stereocenters. The molecule has 7 nitrogen and oxygen atoms in total. The van der Waals surface area contributed by atoms with Crippen LogP contribution in [0.2, 0.25) is 0 Å². The summed E-state index contributed by atoms with van der Waals surface area (Å²) in [5, 5.41) is 0. The van der Waals surface area contributed by atoms with Gasteiger partial charge in [0.15, 0.2) is 6.61 Å². The molecule has 3 rings (SSSR count). The van der Waals surface area contributed by atoms with Crippen LogP contribution in [0, 0.1) is 5.82 Å². The Morgan fingerprint density at radius 1 is 1.07 bits per heavy atom. The molecule has 0 unspecified atom stereocenters. The van der Waals surface area contributed by atoms with Gasteiger partial charge < -0.3 is 19.3 Å². The van der Waals surface area contributed by atoms with E-state index in [4.69, 9.17) is 9.47 Å². The topological polar surface area (TPSA) is 72.0 Å². The fourth-order valence-electron chi connectivity index (χ4n) is 2.86. The number of amides is 1. The van der Waals surface area contributed by atoms with E-state index in [0.717, 1.165) is 5.82 Å². The van der Waals surface area contributed by atoms with Crippen LogP contribution >= 0.6 is 0 Å². The minimum atomic E-state index is -0.391. The lowest BCUT2D eigenvalue weighted by Gasteiger charge is -2.35. The molecule has 0 N–H and O–H groups in total. The molecule has 1 aliphatic heterocycles. The number of nitrogens with zero attached hydrogens (tertiary/aromatic N) is 3. The summed E-state index contributed by atoms with van der Waals surface area (Å²) in [7, 11) is 0. The van der Waals surface area contributed by atoms with Crippen LogP contribution in [0.25, 0.3) is 0 Å². The number of benzene rings is 1. The van der Waals surface area contributed by atoms with Crippen molar-refractivity contribution in [2.45, 2.75) is 6.92 Å². The number of hydrogen-bond donors (Lipinski definition) is 0. The molecule has 1 aromatic heterocycles. The third-order valence-corrected chi connectivity index (χ3v) is 4.39. The van der Waals surface area contributed by atoms with Crippen LogP contribution < -0.4 is 9.64 Å². The summed E-state index contributed by atoms with van der Waals surface area (Å²) in [6.45, 7) is 4.35. The summed E-state index contributed by atoms with van der Waals surface area (Å²) in [5.74, 6) is 0.355. The Bertz CT molecular complexity index is 803. The van der Waals surface area contributed by atoms with Gasteiger partial charge in [-0.1, -0.05) is 0 Å². The van der Waals surface area contributed by atoms with Crippen LogP contribution in [-0.4, -0.2) is 61.2 Å². The first kappa shape index (κ1) is 19.6. The zero-order valence-electron chi connectivity index (χ0n) is 15.6. The average molecular weight is 387 g/mol. The smallest absolute Gasteiger partial charge is 0.339 e. The van der Waals surface area contributed by atoms with Crippen molar-refractivity contribution in [1.82, 2.24) is 9.88 Å². The Labute approximate surface area is 162 Å². The maximum Gasteiger partial charge on any atom is 0.339 e. The summed E-state index contributed by atoms with van der Waals surface area (Å²) in [4.78, 5) is 32.1. The van der Waals surface area contributed by atoms with E-state index < -0.39 is 5.97 Å². The van der Waals surface area contributed by atoms with Crippen molar-refractivity contribution in [3.63, 3.8) is 0 Å². The first-order chi connectivity index (χ1) is 13.6. The number of esters is 1. The van der Waals surface area contributed by atoms with Gasteiger partial charge in [0.1, 0.15) is 17.4 Å². The van der Waals surface area contributed by atoms with E-state index in [2.05, 4.69) is 9.88 Å². The summed E-state index contributed by atoms with van der Waals surface area (Å²) in [6, 6.07) is 9.03. The van der Waals surface area contributed by atoms with Gasteiger partial charge in [-0.05, 0) is 43.3 Å². The summed E-state index contributed by atoms with van der Waals surface area (Å²) in [6.07, 6.45) is 1.50. The second kappa shape index (κ2) is 9.16. The normalized spacial score (nSPS) is 13.9. The highest BCUT2D eigenvalue weighted by molar-refractivity contribution is 5.89. The van der Waals surface area contributed by atoms with E-state index in [1.54, 1.807) is 24.0 Å². The lowest BCUT2D eigenvalue weighted by Crippen LogP contribution is -2.50. The van der Waals surface area contributed by atoms with Crippen molar-refractivity contribution in [2.24, 2.45) is 0 Å². The van der Waals surface area contributed by atoms with Crippen LogP contribution in [0.3, 0.4) is 0 Å². The molecule has 0 radical (unpaired) electrons. The van der Waals surface area contributed by atoms with Gasteiger partial charge in [0.05, 0.1) is 12.2 Å². The zero-order chi connectivity index (χ0) is 19.9. The van der Waals surface area contributed by atoms with Gasteiger partial charge in [-0.15, -0.1) is 0 Å². The molecular weight excluding hydrogens is 365 g/mol. The standard InChI is InChI=1S/C20H22FN3O4/c1-2-27-20(26)15-3-8-18(22-13-15)23-9-11-24(12-10-23)19(25)14-28-17-6-4-16(21)5-7-17/h3-8,13H,2,9-12,14H2,1H3. The first-order valence-electron chi connectivity index (χ1n) is 9.11. The van der Waals surface area contributed by atoms with Crippen LogP contribution in [0.15, 0.2) is 42.6 Å². The van der Waals surface area contributed by atoms with E-state index in [1.165, 1.54) is 30.5 Å². The lowest BCUT2D eigenvalue weighted by atomic mass is 10.2. The maximum atomic E-state index is 12.9. The minimum Gasteiger partial charge on any atom is -0.484 e. The predicted molar refractivity (Wildman–Crippen MR) is 101 cm³/mol. The summed E-state index contributed by atoms with van der Waals surface area (Å²) in [5.41, 5.74) is 0.414. The largest absolute Gasteiger partial charge is 0.484 e. The second-order valence-corrected chi connectivity index (χ2v) is 6.24. The maximum absolute atomic E-state index is 12.9. The van der Waals surface area contributed by atoms with Crippen molar-refractivity contribution in [2.75, 3.05) is 44.3 Å². The highest BCUT2D eigenvalue weighted by Gasteiger charge is 2.22. The van der Waals surface area contributed by atoms with Gasteiger partial charge in [-0.25, -0.2) is 14.2 Å². The number of hydrogen-bond acceptors (Lipinski definition) is 6. The van der Waals surface area contributed by atoms with Gasteiger partial charge in [0, 0.05) is 32.4 Å². The molecule has 1 aliphatic rings. The average Bonchev–Trinajstić information content (AvgIpc) is 2.73. The number of ether oxygens (including phenoxy) is 2. The molecule has 0 saturated carbocycles. The number of pyridine rings is 1. The molecule has 148 valence electrons. The highest BCUT2D eigenvalue weighted by atomic mass is 19.1. The third-order valence-electron chi connectivity index (χ3n) is 4.39. The summed E-state index contributed by atoms with van der Waals surface area (Å²) < 4.78 is 23.2. The van der Waals surface area contributed by atoms with Crippen LogP contribution in [-0.2, 0) is 9.53 Å². The molecular formula is C20H22FN3O4. The van der Waals surface area contributed by atoms with Crippen LogP contribution in [0.4, 0.5) is 10.2 Å². The first-order valence-corrected chi connectivity index (χ1v) is 9.11. The zero-order valence-corrected chi connectivity index (χ0v) is 15.6. The van der Waals surface area contributed by atoms with Crippen LogP contribution in [0.5, 0.6) is 5.75 Å². The Morgan fingerprint density at radius 2 is 1.79 bits per heavy atom. The summed E-state index contributed by atoms with van der Waals surface area (Å²) >= 11 is 0. The molecule has 28 heavy (non-hydrogen) atoms. The number of rotatable bonds is 6. The fourth-order valence-corrected chi connectivity index (χ4v) is 2.86. The Balaban J connectivity index is 1.47. The molecule has 2 aromatic rings. The molecule has 0 aliphatic carbocycles. The lowest BCUT2D eigenvalue weighted by molar-refractivity contribution is -0.133. The third kappa shape index (κ3) is 4.97. The van der Waals surface area contributed by atoms with Crippen molar-refractivity contribution in [3.05, 3.63) is 54.0 Å². The number of carbonyl (C=O) groups is 2. The van der Waals surface area contributed by atoms with E-state index in [1.807, 2.05) is 0 Å². The SMILES string of the molecule is CCOC(=O)c1ccc(N2CCN(C(=O)COc3ccc(F)cc3)CC2)nc1. The molecule has 1 aromatic carbocycles. The Kier molecular flexibility index (Phi) is 6.41. The van der Waals surface area contributed by atoms with Crippen molar-refractivity contribution in [1.29, 1.82) is 0 Å². The van der Waals surface area contributed by atoms with E-state index in [0.29, 0.717) is 44.1 Å². The van der Waals surface area contributed by atoms with E-state index in [-0.39, 0.29) is 18.3 Å². The second-order valence-electron chi connectivity index (χ2n) is 6.24. The molecule has 0 bridgehead atoms. The highest BCUT2D eigenvalue weighted by Crippen LogP contribution is 2.15.